The van der Waals surface area contributed by atoms with Crippen LogP contribution in [0.3, 0.4) is 0 Å². The topological polar surface area (TPSA) is 188 Å². The molecule has 84 heavy (non-hydrogen) atoms. The fourth-order valence-electron chi connectivity index (χ4n) is 15.7. The van der Waals surface area contributed by atoms with Gasteiger partial charge < -0.3 is 38.2 Å². The number of anilines is 2. The van der Waals surface area contributed by atoms with E-state index in [1.807, 2.05) is 24.3 Å². The van der Waals surface area contributed by atoms with Crippen LogP contribution >= 0.6 is 23.2 Å². The first-order chi connectivity index (χ1) is 40.4. The Kier molecular flexibility index (Phi) is 16.3. The molecule has 4 fully saturated rings. The smallest absolute Gasteiger partial charge is 0.264 e. The highest BCUT2D eigenvalue weighted by molar-refractivity contribution is 7.90. The molecule has 10 aliphatic rings. The van der Waals surface area contributed by atoms with Crippen molar-refractivity contribution in [3.63, 3.8) is 0 Å². The van der Waals surface area contributed by atoms with Crippen molar-refractivity contribution in [1.29, 1.82) is 0 Å². The SMILES string of the molecule is C[C@@H]1CO[C@@H]2C[C@H]1OCCS(=O)(=O)NC(=O)c1ccc3c(c1)N(C[C@@H]1CC[C@H]12)C[C@@]1(CCCc2cc(Cl)ccc21)CO3.C[C@@H]1CO[C@H]2C[C@H]1OCCS(=O)(=O)NC(=O)c1ccc3c(c1)N(C[C@@H]1CC[C@H]12)C[C@@]1(CCCc2cc(Cl)ccc21)CO3. The first kappa shape index (κ1) is 58.4. The van der Waals surface area contributed by atoms with Gasteiger partial charge in [-0.1, -0.05) is 49.2 Å². The van der Waals surface area contributed by atoms with E-state index in [-0.39, 0.29) is 71.8 Å². The summed E-state index contributed by atoms with van der Waals surface area (Å²) in [5, 5.41) is 1.50. The van der Waals surface area contributed by atoms with Crippen molar-refractivity contribution in [3.05, 3.63) is 116 Å². The van der Waals surface area contributed by atoms with Crippen LogP contribution in [0.1, 0.15) is 121 Å². The van der Waals surface area contributed by atoms with Crippen LogP contribution in [0.5, 0.6) is 11.5 Å². The number of benzene rings is 4. The Morgan fingerprint density at radius 2 is 0.988 bits per heavy atom. The number of nitrogens with one attached hydrogen (secondary N) is 2. The van der Waals surface area contributed by atoms with Crippen LogP contribution in [0.25, 0.3) is 0 Å². The minimum atomic E-state index is -3.87. The maximum absolute atomic E-state index is 13.2. The normalized spacial score (nSPS) is 34.2. The Morgan fingerprint density at radius 1 is 0.548 bits per heavy atom. The van der Waals surface area contributed by atoms with Gasteiger partial charge in [-0.15, -0.1) is 0 Å². The minimum Gasteiger partial charge on any atom is -0.490 e. The summed E-state index contributed by atoms with van der Waals surface area (Å²) in [6.07, 6.45) is 12.1. The van der Waals surface area contributed by atoms with E-state index in [4.69, 9.17) is 51.6 Å². The largest absolute Gasteiger partial charge is 0.490 e. The molecule has 2 saturated carbocycles. The number of carbonyl (C=O) groups excluding carboxylic acids is 2. The van der Waals surface area contributed by atoms with E-state index in [1.165, 1.54) is 22.3 Å². The molecule has 2 spiro atoms. The number of hydrogen-bond donors (Lipinski definition) is 2. The monoisotopic (exact) mass is 1230 g/mol. The van der Waals surface area contributed by atoms with Crippen molar-refractivity contribution >= 4 is 66.4 Å². The summed E-state index contributed by atoms with van der Waals surface area (Å²) in [5.41, 5.74) is 6.96. The van der Waals surface area contributed by atoms with Crippen LogP contribution in [0.15, 0.2) is 72.8 Å². The van der Waals surface area contributed by atoms with Gasteiger partial charge in [0.25, 0.3) is 11.8 Å². The van der Waals surface area contributed by atoms with Crippen molar-refractivity contribution in [2.45, 2.75) is 126 Å². The van der Waals surface area contributed by atoms with Gasteiger partial charge in [0.05, 0.1) is 86.9 Å². The summed E-state index contributed by atoms with van der Waals surface area (Å²) >= 11 is 12.8. The zero-order chi connectivity index (χ0) is 58.1. The second kappa shape index (κ2) is 23.5. The molecule has 2 amide bonds. The summed E-state index contributed by atoms with van der Waals surface area (Å²) < 4.78 is 94.0. The highest BCUT2D eigenvalue weighted by Gasteiger charge is 2.49. The fraction of sp³-hybridized carbons (Fsp3) is 0.594. The molecule has 0 aromatic heterocycles. The number of fused-ring (bicyclic) bond motifs is 14. The number of nitrogens with zero attached hydrogens (tertiary/aromatic N) is 2. The van der Waals surface area contributed by atoms with Crippen LogP contribution < -0.4 is 28.7 Å². The first-order valence-corrected chi connectivity index (χ1v) is 34.6. The molecule has 14 rings (SSSR count). The number of halogens is 2. The van der Waals surface area contributed by atoms with E-state index >= 15 is 0 Å². The fourth-order valence-corrected chi connectivity index (χ4v) is 17.7. The van der Waals surface area contributed by atoms with Crippen molar-refractivity contribution in [2.75, 3.05) is 87.1 Å². The lowest BCUT2D eigenvalue weighted by Crippen LogP contribution is -2.51. The van der Waals surface area contributed by atoms with Gasteiger partial charge in [0, 0.05) is 82.9 Å². The van der Waals surface area contributed by atoms with Crippen LogP contribution in [0, 0.1) is 35.5 Å². The predicted molar refractivity (Wildman–Crippen MR) is 322 cm³/mol. The van der Waals surface area contributed by atoms with Crippen LogP contribution in [-0.2, 0) is 62.7 Å². The zero-order valence-corrected chi connectivity index (χ0v) is 51.2. The Balaban J connectivity index is 0.000000157. The number of rotatable bonds is 0. The van der Waals surface area contributed by atoms with Gasteiger partial charge in [0.2, 0.25) is 20.0 Å². The van der Waals surface area contributed by atoms with Crippen LogP contribution in [0.2, 0.25) is 10.0 Å². The molecule has 4 aromatic rings. The molecule has 16 nitrogen and oxygen atoms in total. The van der Waals surface area contributed by atoms with Crippen LogP contribution in [-0.4, -0.2) is 130 Å². The van der Waals surface area contributed by atoms with Gasteiger partial charge in [-0.2, -0.15) is 0 Å². The second-order valence-corrected chi connectivity index (χ2v) is 30.6. The van der Waals surface area contributed by atoms with Crippen molar-refractivity contribution in [1.82, 2.24) is 9.44 Å². The molecule has 8 bridgehead atoms. The highest BCUT2D eigenvalue weighted by Crippen LogP contribution is 2.50. The molecule has 452 valence electrons. The number of ether oxygens (including phenoxy) is 6. The Morgan fingerprint density at radius 3 is 1.40 bits per heavy atom. The van der Waals surface area contributed by atoms with E-state index in [9.17, 15) is 26.4 Å². The average molecular weight is 1230 g/mol. The molecule has 2 N–H and O–H groups in total. The summed E-state index contributed by atoms with van der Waals surface area (Å²) in [7, 11) is -7.75. The average Bonchev–Trinajstić information content (AvgIpc) is 3.46. The Hall–Kier alpha value is -4.66. The molecule has 0 radical (unpaired) electrons. The Bertz CT molecular complexity index is 3190. The molecular formula is C64H78Cl2N4O12S2. The molecular weight excluding hydrogens is 1150 g/mol. The van der Waals surface area contributed by atoms with E-state index in [2.05, 4.69) is 57.4 Å². The number of sulfonamides is 2. The number of amides is 2. The third-order valence-electron chi connectivity index (χ3n) is 20.6. The van der Waals surface area contributed by atoms with E-state index in [0.717, 1.165) is 136 Å². The van der Waals surface area contributed by atoms with Crippen LogP contribution in [0.4, 0.5) is 11.4 Å². The van der Waals surface area contributed by atoms with Crippen molar-refractivity contribution in [3.8, 4) is 11.5 Å². The standard InChI is InChI=1S/2C32H39ClN2O6S/c2*1-20-17-40-30-15-29(20)39-11-12-42(37,38)34-31(36)22-5-9-28-27(14-22)35(16-23-4-7-25(23)30)18-32(19-41-28)10-2-3-21-13-24(33)6-8-26(21)32/h2*5-6,8-9,13-14,20,23,25,29-30H,2-4,7,10-12,15-19H2,1H3,(H,34,36)/t20-,23+,25-,29-,30+,32+;20-,23+,25-,29-,30-,32+/m11/s1. The lowest BCUT2D eigenvalue weighted by molar-refractivity contribution is -0.140. The van der Waals surface area contributed by atoms with Gasteiger partial charge in [-0.3, -0.25) is 9.59 Å². The number of carbonyl (C=O) groups is 2. The third kappa shape index (κ3) is 11.8. The van der Waals surface area contributed by atoms with Gasteiger partial charge in [-0.25, -0.2) is 26.3 Å². The van der Waals surface area contributed by atoms with Crippen molar-refractivity contribution in [2.24, 2.45) is 35.5 Å². The lowest BCUT2D eigenvalue weighted by atomic mass is 9.67. The predicted octanol–water partition coefficient (Wildman–Crippen LogP) is 9.45. The number of hydrogen-bond acceptors (Lipinski definition) is 14. The highest BCUT2D eigenvalue weighted by atomic mass is 35.5. The maximum Gasteiger partial charge on any atom is 0.264 e. The summed E-state index contributed by atoms with van der Waals surface area (Å²) in [5.74, 6) is 1.68. The molecule has 20 heteroatoms. The molecule has 2 saturated heterocycles. The van der Waals surface area contributed by atoms with Gasteiger partial charge in [-0.05, 0) is 171 Å². The summed E-state index contributed by atoms with van der Waals surface area (Å²) in [4.78, 5) is 31.2. The van der Waals surface area contributed by atoms with E-state index < -0.39 is 31.9 Å². The lowest BCUT2D eigenvalue weighted by Gasteiger charge is -2.48. The summed E-state index contributed by atoms with van der Waals surface area (Å²) in [6, 6.07) is 23.0. The second-order valence-electron chi connectivity index (χ2n) is 26.1. The molecule has 4 aromatic carbocycles. The van der Waals surface area contributed by atoms with Gasteiger partial charge in [0.15, 0.2) is 0 Å². The maximum atomic E-state index is 13.2. The molecule has 6 aliphatic heterocycles. The first-order valence-electron chi connectivity index (χ1n) is 30.6. The molecule has 0 unspecified atom stereocenters. The summed E-state index contributed by atoms with van der Waals surface area (Å²) in [6.45, 7) is 9.66. The van der Waals surface area contributed by atoms with E-state index in [1.54, 1.807) is 24.3 Å². The zero-order valence-electron chi connectivity index (χ0n) is 48.0. The minimum absolute atomic E-state index is 0.0407. The van der Waals surface area contributed by atoms with Gasteiger partial charge in [0.1, 0.15) is 11.5 Å². The Labute approximate surface area is 504 Å². The molecule has 6 heterocycles. The van der Waals surface area contributed by atoms with Gasteiger partial charge >= 0.3 is 0 Å². The quantitative estimate of drug-likeness (QED) is 0.169. The third-order valence-corrected chi connectivity index (χ3v) is 23.5. The molecule has 4 aliphatic carbocycles. The number of aryl methyl sites for hydroxylation is 2. The van der Waals surface area contributed by atoms with E-state index in [0.29, 0.717) is 61.2 Å². The molecule has 12 atom stereocenters. The van der Waals surface area contributed by atoms with Crippen molar-refractivity contribution < 1.29 is 54.8 Å².